The van der Waals surface area contributed by atoms with Crippen molar-refractivity contribution in [2.75, 3.05) is 0 Å². The van der Waals surface area contributed by atoms with Crippen molar-refractivity contribution in [2.45, 2.75) is 32.0 Å². The molecule has 2 rings (SSSR count). The maximum atomic E-state index is 9.94. The van der Waals surface area contributed by atoms with E-state index in [4.69, 9.17) is 0 Å². The fraction of sp³-hybridized carbons (Fsp3) is 0.700. The minimum absolute atomic E-state index is 0.277. The van der Waals surface area contributed by atoms with Gasteiger partial charge in [-0.1, -0.05) is 0 Å². The Kier molecular flexibility index (Phi) is 2.33. The van der Waals surface area contributed by atoms with Gasteiger partial charge >= 0.3 is 0 Å². The van der Waals surface area contributed by atoms with E-state index in [0.29, 0.717) is 0 Å². The lowest BCUT2D eigenvalue weighted by molar-refractivity contribution is -0.00000152. The average Bonchev–Trinajstić information content (AvgIpc) is 2.92. The average molecular weight is 196 g/mol. The van der Waals surface area contributed by atoms with Gasteiger partial charge in [-0.3, -0.25) is 4.68 Å². The maximum absolute atomic E-state index is 9.94. The SMILES string of the molecule is Cc1cnn(C)c1C(O)C(O)C1CC1. The zero-order valence-electron chi connectivity index (χ0n) is 8.51. The van der Waals surface area contributed by atoms with E-state index in [0.717, 1.165) is 24.1 Å². The number of rotatable bonds is 3. The van der Waals surface area contributed by atoms with Crippen molar-refractivity contribution >= 4 is 0 Å². The van der Waals surface area contributed by atoms with Gasteiger partial charge in [-0.2, -0.15) is 5.10 Å². The molecule has 0 aliphatic heterocycles. The van der Waals surface area contributed by atoms with Crippen LogP contribution in [0.1, 0.15) is 30.2 Å². The molecule has 2 atom stereocenters. The summed E-state index contributed by atoms with van der Waals surface area (Å²) in [7, 11) is 1.78. The fourth-order valence-electron chi connectivity index (χ4n) is 1.84. The zero-order chi connectivity index (χ0) is 10.3. The number of aromatic nitrogens is 2. The smallest absolute Gasteiger partial charge is 0.122 e. The molecular formula is C10H16N2O2. The van der Waals surface area contributed by atoms with E-state index in [9.17, 15) is 10.2 Å². The number of hydrogen-bond donors (Lipinski definition) is 2. The minimum atomic E-state index is -0.796. The largest absolute Gasteiger partial charge is 0.390 e. The van der Waals surface area contributed by atoms with Crippen LogP contribution in [0.3, 0.4) is 0 Å². The quantitative estimate of drug-likeness (QED) is 0.741. The Morgan fingerprint density at radius 1 is 1.50 bits per heavy atom. The highest BCUT2D eigenvalue weighted by molar-refractivity contribution is 5.19. The second-order valence-corrected chi connectivity index (χ2v) is 4.11. The van der Waals surface area contributed by atoms with Gasteiger partial charge in [0.15, 0.2) is 0 Å². The zero-order valence-corrected chi connectivity index (χ0v) is 8.51. The fourth-order valence-corrected chi connectivity index (χ4v) is 1.84. The molecule has 0 bridgehead atoms. The Hall–Kier alpha value is -0.870. The van der Waals surface area contributed by atoms with Gasteiger partial charge in [-0.15, -0.1) is 0 Å². The summed E-state index contributed by atoms with van der Waals surface area (Å²) in [6.07, 6.45) is 2.32. The third-order valence-corrected chi connectivity index (χ3v) is 2.89. The van der Waals surface area contributed by atoms with Gasteiger partial charge in [-0.25, -0.2) is 0 Å². The van der Waals surface area contributed by atoms with Crippen molar-refractivity contribution in [3.63, 3.8) is 0 Å². The summed E-state index contributed by atoms with van der Waals surface area (Å²) in [6, 6.07) is 0. The topological polar surface area (TPSA) is 58.3 Å². The summed E-state index contributed by atoms with van der Waals surface area (Å²) < 4.78 is 1.63. The monoisotopic (exact) mass is 196 g/mol. The summed E-state index contributed by atoms with van der Waals surface area (Å²) in [5.74, 6) is 0.277. The molecule has 0 amide bonds. The lowest BCUT2D eigenvalue weighted by Gasteiger charge is -2.18. The van der Waals surface area contributed by atoms with E-state index in [-0.39, 0.29) is 5.92 Å². The van der Waals surface area contributed by atoms with Crippen molar-refractivity contribution in [3.8, 4) is 0 Å². The molecule has 78 valence electrons. The molecule has 2 unspecified atom stereocenters. The van der Waals surface area contributed by atoms with Crippen molar-refractivity contribution in [1.29, 1.82) is 0 Å². The summed E-state index contributed by atoms with van der Waals surface area (Å²) in [6.45, 7) is 1.89. The van der Waals surface area contributed by atoms with E-state index in [1.54, 1.807) is 17.9 Å². The molecule has 1 aliphatic rings. The molecule has 14 heavy (non-hydrogen) atoms. The van der Waals surface area contributed by atoms with E-state index in [1.807, 2.05) is 6.92 Å². The maximum Gasteiger partial charge on any atom is 0.122 e. The number of aliphatic hydroxyl groups excluding tert-OH is 2. The van der Waals surface area contributed by atoms with Crippen molar-refractivity contribution in [2.24, 2.45) is 13.0 Å². The van der Waals surface area contributed by atoms with Crippen molar-refractivity contribution < 1.29 is 10.2 Å². The minimum Gasteiger partial charge on any atom is -0.390 e. The standard InChI is InChI=1S/C10H16N2O2/c1-6-5-11-12(2)8(6)10(14)9(13)7-3-4-7/h5,7,9-10,13-14H,3-4H2,1-2H3. The predicted octanol–water partition coefficient (Wildman–Crippen LogP) is 0.533. The van der Waals surface area contributed by atoms with E-state index >= 15 is 0 Å². The lowest BCUT2D eigenvalue weighted by atomic mass is 10.0. The normalized spacial score (nSPS) is 20.9. The van der Waals surface area contributed by atoms with Crippen LogP contribution in [0.25, 0.3) is 0 Å². The van der Waals surface area contributed by atoms with Gasteiger partial charge in [0.2, 0.25) is 0 Å². The van der Waals surface area contributed by atoms with Crippen LogP contribution in [0, 0.1) is 12.8 Å². The van der Waals surface area contributed by atoms with Crippen molar-refractivity contribution in [1.82, 2.24) is 9.78 Å². The summed E-state index contributed by atoms with van der Waals surface area (Å²) >= 11 is 0. The molecule has 0 radical (unpaired) electrons. The van der Waals surface area contributed by atoms with Gasteiger partial charge in [0, 0.05) is 7.05 Å². The summed E-state index contributed by atoms with van der Waals surface area (Å²) in [5, 5.41) is 23.8. The van der Waals surface area contributed by atoms with Crippen LogP contribution < -0.4 is 0 Å². The molecule has 0 saturated heterocycles. The van der Waals surface area contributed by atoms with Gasteiger partial charge in [0.1, 0.15) is 6.10 Å². The van der Waals surface area contributed by atoms with Gasteiger partial charge in [0.25, 0.3) is 0 Å². The Bertz CT molecular complexity index is 311. The van der Waals surface area contributed by atoms with Crippen LogP contribution in [0.4, 0.5) is 0 Å². The molecule has 1 heterocycles. The van der Waals surface area contributed by atoms with Crippen molar-refractivity contribution in [3.05, 3.63) is 17.5 Å². The molecule has 1 aromatic heterocycles. The molecule has 1 aromatic rings. The Balaban J connectivity index is 2.20. The first-order valence-corrected chi connectivity index (χ1v) is 4.96. The van der Waals surface area contributed by atoms with Crippen LogP contribution >= 0.6 is 0 Å². The molecule has 4 nitrogen and oxygen atoms in total. The highest BCUT2D eigenvalue weighted by Gasteiger charge is 2.36. The van der Waals surface area contributed by atoms with Crippen LogP contribution in [0.5, 0.6) is 0 Å². The van der Waals surface area contributed by atoms with Crippen LogP contribution in [0.15, 0.2) is 6.20 Å². The molecule has 1 aliphatic carbocycles. The lowest BCUT2D eigenvalue weighted by Crippen LogP contribution is -2.23. The Labute approximate surface area is 83.2 Å². The third-order valence-electron chi connectivity index (χ3n) is 2.89. The number of aliphatic hydroxyl groups is 2. The molecule has 4 heteroatoms. The number of nitrogens with zero attached hydrogens (tertiary/aromatic N) is 2. The first-order chi connectivity index (χ1) is 6.61. The molecule has 2 N–H and O–H groups in total. The molecule has 1 fully saturated rings. The van der Waals surface area contributed by atoms with Crippen LogP contribution in [-0.4, -0.2) is 26.1 Å². The summed E-state index contributed by atoms with van der Waals surface area (Å²) in [5.41, 5.74) is 1.66. The van der Waals surface area contributed by atoms with Gasteiger partial charge in [0.05, 0.1) is 18.0 Å². The number of aryl methyl sites for hydroxylation is 2. The second-order valence-electron chi connectivity index (χ2n) is 4.11. The van der Waals surface area contributed by atoms with Gasteiger partial charge < -0.3 is 10.2 Å². The van der Waals surface area contributed by atoms with Crippen LogP contribution in [0.2, 0.25) is 0 Å². The Morgan fingerprint density at radius 3 is 2.57 bits per heavy atom. The number of hydrogen-bond acceptors (Lipinski definition) is 3. The predicted molar refractivity (Wildman–Crippen MR) is 51.6 cm³/mol. The molecule has 1 saturated carbocycles. The molecular weight excluding hydrogens is 180 g/mol. The second kappa shape index (κ2) is 3.37. The molecule has 0 spiro atoms. The van der Waals surface area contributed by atoms with Gasteiger partial charge in [-0.05, 0) is 31.2 Å². The third kappa shape index (κ3) is 1.55. The first kappa shape index (κ1) is 9.68. The summed E-state index contributed by atoms with van der Waals surface area (Å²) in [4.78, 5) is 0. The molecule has 0 aromatic carbocycles. The van der Waals surface area contributed by atoms with E-state index in [1.165, 1.54) is 0 Å². The first-order valence-electron chi connectivity index (χ1n) is 4.96. The van der Waals surface area contributed by atoms with E-state index < -0.39 is 12.2 Å². The van der Waals surface area contributed by atoms with E-state index in [2.05, 4.69) is 5.10 Å². The Morgan fingerprint density at radius 2 is 2.14 bits per heavy atom. The highest BCUT2D eigenvalue weighted by Crippen LogP contribution is 2.38. The highest BCUT2D eigenvalue weighted by atomic mass is 16.3. The van der Waals surface area contributed by atoms with Crippen LogP contribution in [-0.2, 0) is 7.05 Å².